The van der Waals surface area contributed by atoms with Gasteiger partial charge in [0.1, 0.15) is 6.04 Å². The van der Waals surface area contributed by atoms with E-state index in [1.165, 1.54) is 0 Å². The topological polar surface area (TPSA) is 81.7 Å². The number of amides is 2. The monoisotopic (exact) mass is 279 g/mol. The minimum Gasteiger partial charge on any atom is -0.480 e. The summed E-state index contributed by atoms with van der Waals surface area (Å²) < 4.78 is 0. The van der Waals surface area contributed by atoms with Gasteiger partial charge < -0.3 is 20.6 Å². The van der Waals surface area contributed by atoms with E-state index in [9.17, 15) is 9.59 Å². The number of carbonyl (C=O) groups excluding carboxylic acids is 1. The van der Waals surface area contributed by atoms with E-state index in [2.05, 4.69) is 10.6 Å². The maximum atomic E-state index is 11.8. The average molecular weight is 279 g/mol. The molecule has 20 heavy (non-hydrogen) atoms. The van der Waals surface area contributed by atoms with Crippen molar-refractivity contribution in [1.82, 2.24) is 5.32 Å². The van der Waals surface area contributed by atoms with Gasteiger partial charge >= 0.3 is 12.0 Å². The number of hydrogen-bond donors (Lipinski definition) is 3. The SMILES string of the molecule is CCCC(NC(=O)Nc1cccc(N(C)C)c1)C(=O)O. The second kappa shape index (κ2) is 7.37. The average Bonchev–Trinajstić information content (AvgIpc) is 2.38. The van der Waals surface area contributed by atoms with Crippen molar-refractivity contribution in [3.05, 3.63) is 24.3 Å². The zero-order valence-corrected chi connectivity index (χ0v) is 12.0. The van der Waals surface area contributed by atoms with Crippen LogP contribution in [0.25, 0.3) is 0 Å². The summed E-state index contributed by atoms with van der Waals surface area (Å²) in [6.07, 6.45) is 1.09. The van der Waals surface area contributed by atoms with Crippen LogP contribution < -0.4 is 15.5 Å². The summed E-state index contributed by atoms with van der Waals surface area (Å²) in [6, 6.07) is 5.93. The van der Waals surface area contributed by atoms with Gasteiger partial charge in [0, 0.05) is 25.5 Å². The normalized spacial score (nSPS) is 11.6. The van der Waals surface area contributed by atoms with Gasteiger partial charge in [-0.2, -0.15) is 0 Å². The number of nitrogens with one attached hydrogen (secondary N) is 2. The zero-order chi connectivity index (χ0) is 15.1. The Kier molecular flexibility index (Phi) is 5.83. The van der Waals surface area contributed by atoms with Crippen LogP contribution in [-0.4, -0.2) is 37.2 Å². The van der Waals surface area contributed by atoms with Crippen LogP contribution in [0, 0.1) is 0 Å². The van der Waals surface area contributed by atoms with Crippen molar-refractivity contribution in [3.63, 3.8) is 0 Å². The highest BCUT2D eigenvalue weighted by Crippen LogP contribution is 2.17. The lowest BCUT2D eigenvalue weighted by atomic mass is 10.2. The first-order valence-corrected chi connectivity index (χ1v) is 6.51. The van der Waals surface area contributed by atoms with E-state index < -0.39 is 18.0 Å². The Hall–Kier alpha value is -2.24. The molecule has 0 aliphatic carbocycles. The molecular weight excluding hydrogens is 258 g/mol. The van der Waals surface area contributed by atoms with Crippen LogP contribution in [0.15, 0.2) is 24.3 Å². The molecule has 6 nitrogen and oxygen atoms in total. The largest absolute Gasteiger partial charge is 0.480 e. The molecule has 1 aromatic rings. The fraction of sp³-hybridized carbons (Fsp3) is 0.429. The van der Waals surface area contributed by atoms with Crippen LogP contribution >= 0.6 is 0 Å². The predicted molar refractivity (Wildman–Crippen MR) is 79.3 cm³/mol. The van der Waals surface area contributed by atoms with Crippen molar-refractivity contribution in [2.75, 3.05) is 24.3 Å². The Labute approximate surface area is 118 Å². The number of rotatable bonds is 6. The molecule has 3 N–H and O–H groups in total. The van der Waals surface area contributed by atoms with Crippen molar-refractivity contribution in [2.45, 2.75) is 25.8 Å². The lowest BCUT2D eigenvalue weighted by molar-refractivity contribution is -0.139. The Morgan fingerprint density at radius 1 is 1.35 bits per heavy atom. The van der Waals surface area contributed by atoms with Crippen molar-refractivity contribution in [2.24, 2.45) is 0 Å². The quantitative estimate of drug-likeness (QED) is 0.745. The van der Waals surface area contributed by atoms with Crippen molar-refractivity contribution >= 4 is 23.4 Å². The third-order valence-corrected chi connectivity index (χ3v) is 2.80. The van der Waals surface area contributed by atoms with E-state index in [1.807, 2.05) is 44.1 Å². The number of nitrogens with zero attached hydrogens (tertiary/aromatic N) is 1. The molecular formula is C14H21N3O3. The second-order valence-corrected chi connectivity index (χ2v) is 4.72. The van der Waals surface area contributed by atoms with E-state index in [1.54, 1.807) is 6.07 Å². The lowest BCUT2D eigenvalue weighted by Gasteiger charge is -2.16. The highest BCUT2D eigenvalue weighted by atomic mass is 16.4. The molecule has 0 spiro atoms. The van der Waals surface area contributed by atoms with Crippen LogP contribution in [-0.2, 0) is 4.79 Å². The van der Waals surface area contributed by atoms with E-state index >= 15 is 0 Å². The van der Waals surface area contributed by atoms with Gasteiger partial charge in [-0.05, 0) is 24.6 Å². The van der Waals surface area contributed by atoms with Crippen molar-refractivity contribution in [3.8, 4) is 0 Å². The van der Waals surface area contributed by atoms with Gasteiger partial charge in [0.2, 0.25) is 0 Å². The molecule has 0 radical (unpaired) electrons. The summed E-state index contributed by atoms with van der Waals surface area (Å²) in [5.41, 5.74) is 1.57. The van der Waals surface area contributed by atoms with Gasteiger partial charge in [-0.25, -0.2) is 9.59 Å². The number of carbonyl (C=O) groups is 2. The molecule has 110 valence electrons. The molecule has 0 heterocycles. The highest BCUT2D eigenvalue weighted by molar-refractivity contribution is 5.92. The highest BCUT2D eigenvalue weighted by Gasteiger charge is 2.18. The zero-order valence-electron chi connectivity index (χ0n) is 12.0. The van der Waals surface area contributed by atoms with E-state index in [0.29, 0.717) is 18.5 Å². The molecule has 2 amide bonds. The van der Waals surface area contributed by atoms with E-state index in [-0.39, 0.29) is 0 Å². The molecule has 0 saturated heterocycles. The predicted octanol–water partition coefficient (Wildman–Crippen LogP) is 2.13. The first kappa shape index (κ1) is 15.8. The minimum atomic E-state index is -1.02. The summed E-state index contributed by atoms with van der Waals surface area (Å²) in [6.45, 7) is 1.87. The molecule has 0 aliphatic rings. The van der Waals surface area contributed by atoms with Gasteiger partial charge in [-0.3, -0.25) is 0 Å². The van der Waals surface area contributed by atoms with Gasteiger partial charge in [-0.1, -0.05) is 19.4 Å². The van der Waals surface area contributed by atoms with Crippen molar-refractivity contribution < 1.29 is 14.7 Å². The third-order valence-electron chi connectivity index (χ3n) is 2.80. The molecule has 1 unspecified atom stereocenters. The molecule has 0 fully saturated rings. The third kappa shape index (κ3) is 4.79. The Morgan fingerprint density at radius 3 is 2.60 bits per heavy atom. The Bertz CT molecular complexity index is 474. The minimum absolute atomic E-state index is 0.403. The first-order valence-electron chi connectivity index (χ1n) is 6.51. The molecule has 6 heteroatoms. The Morgan fingerprint density at radius 2 is 2.05 bits per heavy atom. The Balaban J connectivity index is 2.65. The van der Waals surface area contributed by atoms with Gasteiger partial charge in [0.05, 0.1) is 0 Å². The summed E-state index contributed by atoms with van der Waals surface area (Å²) in [7, 11) is 3.81. The molecule has 1 aromatic carbocycles. The summed E-state index contributed by atoms with van der Waals surface area (Å²) in [5, 5.41) is 14.1. The molecule has 0 bridgehead atoms. The number of carboxylic acids is 1. The first-order chi connectivity index (χ1) is 9.43. The number of hydrogen-bond acceptors (Lipinski definition) is 3. The fourth-order valence-electron chi connectivity index (χ4n) is 1.73. The number of carboxylic acid groups (broad SMARTS) is 1. The molecule has 0 saturated carbocycles. The van der Waals surface area contributed by atoms with Crippen LogP contribution in [0.3, 0.4) is 0 Å². The second-order valence-electron chi connectivity index (χ2n) is 4.72. The summed E-state index contributed by atoms with van der Waals surface area (Å²) in [4.78, 5) is 24.7. The smallest absolute Gasteiger partial charge is 0.326 e. The molecule has 1 atom stereocenters. The molecule has 1 rings (SSSR count). The van der Waals surface area contributed by atoms with Crippen LogP contribution in [0.2, 0.25) is 0 Å². The number of aliphatic carboxylic acids is 1. The van der Waals surface area contributed by atoms with Crippen molar-refractivity contribution in [1.29, 1.82) is 0 Å². The number of benzene rings is 1. The lowest BCUT2D eigenvalue weighted by Crippen LogP contribution is -2.42. The van der Waals surface area contributed by atoms with Crippen LogP contribution in [0.1, 0.15) is 19.8 Å². The fourth-order valence-corrected chi connectivity index (χ4v) is 1.73. The molecule has 0 aromatic heterocycles. The maximum absolute atomic E-state index is 11.8. The van der Waals surface area contributed by atoms with Gasteiger partial charge in [-0.15, -0.1) is 0 Å². The van der Waals surface area contributed by atoms with Crippen LogP contribution in [0.4, 0.5) is 16.2 Å². The summed E-state index contributed by atoms with van der Waals surface area (Å²) >= 11 is 0. The number of urea groups is 1. The van der Waals surface area contributed by atoms with Gasteiger partial charge in [0.25, 0.3) is 0 Å². The van der Waals surface area contributed by atoms with Crippen LogP contribution in [0.5, 0.6) is 0 Å². The molecule has 0 aliphatic heterocycles. The van der Waals surface area contributed by atoms with E-state index in [0.717, 1.165) is 5.69 Å². The number of anilines is 2. The summed E-state index contributed by atoms with van der Waals surface area (Å²) in [5.74, 6) is -1.02. The standard InChI is InChI=1S/C14H21N3O3/c1-4-6-12(13(18)19)16-14(20)15-10-7-5-8-11(9-10)17(2)3/h5,7-9,12H,4,6H2,1-3H3,(H,18,19)(H2,15,16,20). The van der Waals surface area contributed by atoms with E-state index in [4.69, 9.17) is 5.11 Å². The maximum Gasteiger partial charge on any atom is 0.326 e. The van der Waals surface area contributed by atoms with Gasteiger partial charge in [0.15, 0.2) is 0 Å².